The van der Waals surface area contributed by atoms with Gasteiger partial charge in [-0.3, -0.25) is 5.10 Å². The summed E-state index contributed by atoms with van der Waals surface area (Å²) in [6, 6.07) is 0. The molecule has 0 unspecified atom stereocenters. The number of nitrogens with zero attached hydrogens (tertiary/aromatic N) is 1. The van der Waals surface area contributed by atoms with Crippen molar-refractivity contribution < 1.29 is 0 Å². The normalized spacial score (nSPS) is 18.6. The van der Waals surface area contributed by atoms with E-state index in [9.17, 15) is 0 Å². The van der Waals surface area contributed by atoms with Crippen molar-refractivity contribution in [3.8, 4) is 0 Å². The Morgan fingerprint density at radius 2 is 2.21 bits per heavy atom. The quantitative estimate of drug-likeness (QED) is 0.788. The topological polar surface area (TPSA) is 54.7 Å². The Morgan fingerprint density at radius 3 is 2.86 bits per heavy atom. The number of hydrogen-bond acceptors (Lipinski definition) is 3. The zero-order valence-electron chi connectivity index (χ0n) is 8.55. The molecule has 0 amide bonds. The van der Waals surface area contributed by atoms with Gasteiger partial charge in [-0.05, 0) is 30.8 Å². The van der Waals surface area contributed by atoms with Crippen LogP contribution in [0.1, 0.15) is 36.9 Å². The highest BCUT2D eigenvalue weighted by Gasteiger charge is 2.21. The zero-order chi connectivity index (χ0) is 9.97. The smallest absolute Gasteiger partial charge is 0.148 e. The maximum atomic E-state index is 5.81. The van der Waals surface area contributed by atoms with Crippen molar-refractivity contribution >= 4 is 17.6 Å². The molecular weight excluding hydrogens is 194 g/mol. The highest BCUT2D eigenvalue weighted by atomic mass is 32.2. The van der Waals surface area contributed by atoms with E-state index in [1.807, 2.05) is 11.8 Å². The molecule has 14 heavy (non-hydrogen) atoms. The molecule has 3 nitrogen and oxygen atoms in total. The first-order chi connectivity index (χ1) is 6.83. The molecule has 2 heterocycles. The molecule has 1 aromatic heterocycles. The summed E-state index contributed by atoms with van der Waals surface area (Å²) in [5.41, 5.74) is 8.35. The van der Waals surface area contributed by atoms with Gasteiger partial charge in [0.1, 0.15) is 5.82 Å². The van der Waals surface area contributed by atoms with E-state index in [0.29, 0.717) is 11.7 Å². The van der Waals surface area contributed by atoms with Gasteiger partial charge in [0.15, 0.2) is 0 Å². The molecule has 3 N–H and O–H groups in total. The fraction of sp³-hybridized carbons (Fsp3) is 0.700. The van der Waals surface area contributed by atoms with Crippen LogP contribution in [0.4, 0.5) is 5.82 Å². The second-order valence-corrected chi connectivity index (χ2v) is 4.97. The number of aromatic nitrogens is 2. The molecule has 0 saturated carbocycles. The number of hydrogen-bond donors (Lipinski definition) is 2. The Hall–Kier alpha value is -0.640. The van der Waals surface area contributed by atoms with Crippen molar-refractivity contribution in [2.75, 3.05) is 17.2 Å². The lowest BCUT2D eigenvalue weighted by atomic mass is 9.95. The fourth-order valence-electron chi connectivity index (χ4n) is 2.09. The van der Waals surface area contributed by atoms with Gasteiger partial charge >= 0.3 is 0 Å². The van der Waals surface area contributed by atoms with Gasteiger partial charge in [-0.1, -0.05) is 6.92 Å². The van der Waals surface area contributed by atoms with E-state index in [2.05, 4.69) is 17.1 Å². The lowest BCUT2D eigenvalue weighted by Crippen LogP contribution is -2.10. The SMILES string of the molecule is CCc1c(N)n[nH]c1C1CCSCC1. The predicted octanol–water partition coefficient (Wildman–Crippen LogP) is 2.16. The minimum atomic E-state index is 0.663. The Balaban J connectivity index is 2.21. The van der Waals surface area contributed by atoms with Crippen molar-refractivity contribution in [2.24, 2.45) is 0 Å². The average Bonchev–Trinajstić information content (AvgIpc) is 2.61. The minimum absolute atomic E-state index is 0.663. The van der Waals surface area contributed by atoms with E-state index in [-0.39, 0.29) is 0 Å². The highest BCUT2D eigenvalue weighted by Crippen LogP contribution is 2.33. The summed E-state index contributed by atoms with van der Waals surface area (Å²) in [5.74, 6) is 3.90. The molecule has 0 radical (unpaired) electrons. The second-order valence-electron chi connectivity index (χ2n) is 3.74. The van der Waals surface area contributed by atoms with Crippen LogP contribution in [0.25, 0.3) is 0 Å². The maximum Gasteiger partial charge on any atom is 0.148 e. The molecule has 0 spiro atoms. The van der Waals surface area contributed by atoms with Crippen molar-refractivity contribution in [1.82, 2.24) is 10.2 Å². The summed E-state index contributed by atoms with van der Waals surface area (Å²) in [6.45, 7) is 2.14. The number of nitrogens with one attached hydrogen (secondary N) is 1. The van der Waals surface area contributed by atoms with Crippen LogP contribution in [0.3, 0.4) is 0 Å². The Kier molecular flexibility index (Phi) is 3.01. The Morgan fingerprint density at radius 1 is 1.50 bits per heavy atom. The molecule has 0 aromatic carbocycles. The van der Waals surface area contributed by atoms with Gasteiger partial charge in [-0.2, -0.15) is 16.9 Å². The third-order valence-electron chi connectivity index (χ3n) is 2.91. The second kappa shape index (κ2) is 4.26. The molecule has 1 aromatic rings. The first kappa shape index (κ1) is 9.90. The lowest BCUT2D eigenvalue weighted by Gasteiger charge is -2.21. The molecule has 0 aliphatic carbocycles. The zero-order valence-corrected chi connectivity index (χ0v) is 9.36. The van der Waals surface area contributed by atoms with Gasteiger partial charge in [0.05, 0.1) is 0 Å². The first-order valence-electron chi connectivity index (χ1n) is 5.23. The molecule has 1 aliphatic rings. The number of nitrogen functional groups attached to an aromatic ring is 1. The number of nitrogens with two attached hydrogens (primary N) is 1. The molecule has 1 aliphatic heterocycles. The summed E-state index contributed by atoms with van der Waals surface area (Å²) in [5, 5.41) is 7.22. The molecule has 0 bridgehead atoms. The van der Waals surface area contributed by atoms with E-state index >= 15 is 0 Å². The molecule has 4 heteroatoms. The van der Waals surface area contributed by atoms with Gasteiger partial charge < -0.3 is 5.73 Å². The van der Waals surface area contributed by atoms with E-state index in [1.54, 1.807) is 0 Å². The molecule has 78 valence electrons. The van der Waals surface area contributed by atoms with Crippen LogP contribution in [0.2, 0.25) is 0 Å². The molecule has 1 fully saturated rings. The van der Waals surface area contributed by atoms with Crippen LogP contribution in [-0.2, 0) is 6.42 Å². The molecule has 2 rings (SSSR count). The van der Waals surface area contributed by atoms with E-state index in [4.69, 9.17) is 5.73 Å². The average molecular weight is 211 g/mol. The van der Waals surface area contributed by atoms with Gasteiger partial charge in [0.2, 0.25) is 0 Å². The van der Waals surface area contributed by atoms with Crippen LogP contribution < -0.4 is 5.73 Å². The van der Waals surface area contributed by atoms with Crippen molar-refractivity contribution in [2.45, 2.75) is 32.1 Å². The number of thioether (sulfide) groups is 1. The van der Waals surface area contributed by atoms with Gasteiger partial charge in [0.25, 0.3) is 0 Å². The number of H-pyrrole nitrogens is 1. The minimum Gasteiger partial charge on any atom is -0.382 e. The molecule has 0 atom stereocenters. The van der Waals surface area contributed by atoms with E-state index in [0.717, 1.165) is 6.42 Å². The summed E-state index contributed by atoms with van der Waals surface area (Å²) < 4.78 is 0. The number of anilines is 1. The largest absolute Gasteiger partial charge is 0.382 e. The standard InChI is InChI=1S/C10H17N3S/c1-2-8-9(12-13-10(8)11)7-3-5-14-6-4-7/h7H,2-6H2,1H3,(H3,11,12,13). The number of aromatic amines is 1. The molecular formula is C10H17N3S. The predicted molar refractivity (Wildman–Crippen MR) is 61.7 cm³/mol. The van der Waals surface area contributed by atoms with Crippen LogP contribution in [0.15, 0.2) is 0 Å². The Labute approximate surface area is 88.8 Å². The van der Waals surface area contributed by atoms with E-state index in [1.165, 1.54) is 35.6 Å². The van der Waals surface area contributed by atoms with Crippen molar-refractivity contribution in [1.29, 1.82) is 0 Å². The van der Waals surface area contributed by atoms with Crippen LogP contribution in [-0.4, -0.2) is 21.7 Å². The summed E-state index contributed by atoms with van der Waals surface area (Å²) in [6.07, 6.45) is 3.51. The number of rotatable bonds is 2. The fourth-order valence-corrected chi connectivity index (χ4v) is 3.20. The monoisotopic (exact) mass is 211 g/mol. The summed E-state index contributed by atoms with van der Waals surface area (Å²) in [7, 11) is 0. The molecule has 1 saturated heterocycles. The third-order valence-corrected chi connectivity index (χ3v) is 3.96. The highest BCUT2D eigenvalue weighted by molar-refractivity contribution is 7.99. The van der Waals surface area contributed by atoms with Gasteiger partial charge in [-0.25, -0.2) is 0 Å². The lowest BCUT2D eigenvalue weighted by molar-refractivity contribution is 0.611. The van der Waals surface area contributed by atoms with Crippen LogP contribution >= 0.6 is 11.8 Å². The first-order valence-corrected chi connectivity index (χ1v) is 6.38. The van der Waals surface area contributed by atoms with Crippen molar-refractivity contribution in [3.63, 3.8) is 0 Å². The summed E-state index contributed by atoms with van der Waals surface area (Å²) in [4.78, 5) is 0. The van der Waals surface area contributed by atoms with Gasteiger partial charge in [0, 0.05) is 17.2 Å². The van der Waals surface area contributed by atoms with Gasteiger partial charge in [-0.15, -0.1) is 0 Å². The Bertz CT molecular complexity index is 302. The summed E-state index contributed by atoms with van der Waals surface area (Å²) >= 11 is 2.05. The van der Waals surface area contributed by atoms with Crippen molar-refractivity contribution in [3.05, 3.63) is 11.3 Å². The van der Waals surface area contributed by atoms with Crippen LogP contribution in [0.5, 0.6) is 0 Å². The third kappa shape index (κ3) is 1.75. The van der Waals surface area contributed by atoms with Crippen LogP contribution in [0, 0.1) is 0 Å². The maximum absolute atomic E-state index is 5.81. The van der Waals surface area contributed by atoms with E-state index < -0.39 is 0 Å².